The number of rotatable bonds is 2. The molecule has 1 aliphatic carbocycles. The molecular formula is C14H15BrFN3O. The van der Waals surface area contributed by atoms with E-state index < -0.39 is 11.4 Å². The van der Waals surface area contributed by atoms with Crippen molar-refractivity contribution in [1.29, 1.82) is 0 Å². The first-order valence-corrected chi connectivity index (χ1v) is 7.46. The van der Waals surface area contributed by atoms with Crippen LogP contribution in [0, 0.1) is 5.82 Å². The summed E-state index contributed by atoms with van der Waals surface area (Å²) in [5.41, 5.74) is 6.11. The van der Waals surface area contributed by atoms with Crippen LogP contribution in [-0.2, 0) is 5.54 Å². The van der Waals surface area contributed by atoms with Crippen molar-refractivity contribution in [2.45, 2.75) is 37.6 Å². The maximum atomic E-state index is 13.9. The fraction of sp³-hybridized carbons (Fsp3) is 0.429. The monoisotopic (exact) mass is 339 g/mol. The fourth-order valence-electron chi connectivity index (χ4n) is 2.60. The van der Waals surface area contributed by atoms with Crippen molar-refractivity contribution in [1.82, 2.24) is 10.1 Å². The average Bonchev–Trinajstić information content (AvgIpc) is 2.90. The van der Waals surface area contributed by atoms with E-state index in [9.17, 15) is 4.39 Å². The van der Waals surface area contributed by atoms with Crippen LogP contribution < -0.4 is 5.73 Å². The first kappa shape index (κ1) is 13.7. The Morgan fingerprint density at radius 2 is 2.00 bits per heavy atom. The van der Waals surface area contributed by atoms with E-state index in [4.69, 9.17) is 10.3 Å². The number of nitrogens with two attached hydrogens (primary N) is 1. The normalized spacial score (nSPS) is 18.1. The Kier molecular flexibility index (Phi) is 3.60. The Bertz CT molecular complexity index is 623. The number of halogens is 2. The Labute approximate surface area is 124 Å². The summed E-state index contributed by atoms with van der Waals surface area (Å²) < 4.78 is 19.8. The van der Waals surface area contributed by atoms with Crippen molar-refractivity contribution in [3.63, 3.8) is 0 Å². The molecule has 1 heterocycles. The third-order valence-corrected chi connectivity index (χ3v) is 4.27. The second kappa shape index (κ2) is 5.26. The van der Waals surface area contributed by atoms with Gasteiger partial charge in [-0.25, -0.2) is 4.39 Å². The summed E-state index contributed by atoms with van der Waals surface area (Å²) in [6.07, 6.45) is 4.99. The van der Waals surface area contributed by atoms with Gasteiger partial charge in [0.15, 0.2) is 5.82 Å². The topological polar surface area (TPSA) is 64.9 Å². The van der Waals surface area contributed by atoms with E-state index in [1.165, 1.54) is 12.5 Å². The summed E-state index contributed by atoms with van der Waals surface area (Å²) in [4.78, 5) is 4.31. The van der Waals surface area contributed by atoms with Crippen molar-refractivity contribution in [3.8, 4) is 11.5 Å². The molecule has 20 heavy (non-hydrogen) atoms. The standard InChI is InChI=1S/C14H15BrFN3O/c15-9-4-5-10(11(16)8-9)12-18-13(19-20-12)14(17)6-2-1-3-7-14/h4-5,8H,1-3,6-7,17H2. The van der Waals surface area contributed by atoms with Crippen LogP contribution in [0.3, 0.4) is 0 Å². The van der Waals surface area contributed by atoms with Gasteiger partial charge < -0.3 is 10.3 Å². The zero-order valence-corrected chi connectivity index (χ0v) is 12.5. The van der Waals surface area contributed by atoms with E-state index in [0.29, 0.717) is 15.9 Å². The van der Waals surface area contributed by atoms with E-state index in [1.807, 2.05) is 0 Å². The van der Waals surface area contributed by atoms with E-state index in [1.54, 1.807) is 12.1 Å². The van der Waals surface area contributed by atoms with E-state index >= 15 is 0 Å². The lowest BCUT2D eigenvalue weighted by Crippen LogP contribution is -2.39. The molecule has 0 aliphatic heterocycles. The third-order valence-electron chi connectivity index (χ3n) is 3.78. The molecule has 0 radical (unpaired) electrons. The molecule has 1 aromatic heterocycles. The van der Waals surface area contributed by atoms with Gasteiger partial charge in [0.2, 0.25) is 0 Å². The van der Waals surface area contributed by atoms with Crippen molar-refractivity contribution >= 4 is 15.9 Å². The molecule has 2 N–H and O–H groups in total. The van der Waals surface area contributed by atoms with Gasteiger partial charge in [-0.3, -0.25) is 0 Å². The Morgan fingerprint density at radius 3 is 2.70 bits per heavy atom. The third kappa shape index (κ3) is 2.50. The number of benzene rings is 1. The lowest BCUT2D eigenvalue weighted by Gasteiger charge is -2.29. The van der Waals surface area contributed by atoms with Gasteiger partial charge in [0, 0.05) is 4.47 Å². The molecule has 1 saturated carbocycles. The van der Waals surface area contributed by atoms with Crippen LogP contribution >= 0.6 is 15.9 Å². The maximum absolute atomic E-state index is 13.9. The minimum absolute atomic E-state index is 0.181. The van der Waals surface area contributed by atoms with Gasteiger partial charge in [-0.2, -0.15) is 4.98 Å². The van der Waals surface area contributed by atoms with Crippen molar-refractivity contribution < 1.29 is 8.91 Å². The highest BCUT2D eigenvalue weighted by atomic mass is 79.9. The predicted octanol–water partition coefficient (Wildman–Crippen LogP) is 3.76. The average molecular weight is 340 g/mol. The van der Waals surface area contributed by atoms with Crippen molar-refractivity contribution in [2.24, 2.45) is 5.73 Å². The van der Waals surface area contributed by atoms with Gasteiger partial charge in [-0.15, -0.1) is 0 Å². The van der Waals surface area contributed by atoms with Gasteiger partial charge in [0.1, 0.15) is 5.82 Å². The van der Waals surface area contributed by atoms with Crippen LogP contribution in [0.15, 0.2) is 27.2 Å². The largest absolute Gasteiger partial charge is 0.334 e. The second-order valence-corrected chi connectivity index (χ2v) is 6.18. The number of aromatic nitrogens is 2. The molecule has 1 aromatic carbocycles. The number of hydrogen-bond donors (Lipinski definition) is 1. The molecule has 1 aliphatic rings. The summed E-state index contributed by atoms with van der Waals surface area (Å²) in [6.45, 7) is 0. The molecule has 6 heteroatoms. The van der Waals surface area contributed by atoms with Crippen LogP contribution in [0.5, 0.6) is 0 Å². The molecule has 0 bridgehead atoms. The highest BCUT2D eigenvalue weighted by molar-refractivity contribution is 9.10. The lowest BCUT2D eigenvalue weighted by molar-refractivity contribution is 0.275. The van der Waals surface area contributed by atoms with Crippen LogP contribution in [0.4, 0.5) is 4.39 Å². The van der Waals surface area contributed by atoms with E-state index in [2.05, 4.69) is 26.1 Å². The Morgan fingerprint density at radius 1 is 1.25 bits per heavy atom. The van der Waals surface area contributed by atoms with E-state index in [-0.39, 0.29) is 5.89 Å². The molecule has 0 saturated heterocycles. The SMILES string of the molecule is NC1(c2noc(-c3ccc(Br)cc3F)n2)CCCCC1. The highest BCUT2D eigenvalue weighted by Crippen LogP contribution is 2.34. The number of hydrogen-bond acceptors (Lipinski definition) is 4. The second-order valence-electron chi connectivity index (χ2n) is 5.26. The molecule has 3 rings (SSSR count). The van der Waals surface area contributed by atoms with Gasteiger partial charge in [0.25, 0.3) is 5.89 Å². The van der Waals surface area contributed by atoms with Crippen LogP contribution in [0.2, 0.25) is 0 Å². The summed E-state index contributed by atoms with van der Waals surface area (Å²) in [5.74, 6) is 0.263. The summed E-state index contributed by atoms with van der Waals surface area (Å²) in [6, 6.07) is 4.72. The highest BCUT2D eigenvalue weighted by Gasteiger charge is 2.34. The van der Waals surface area contributed by atoms with Gasteiger partial charge in [0.05, 0.1) is 11.1 Å². The minimum Gasteiger partial charge on any atom is -0.334 e. The predicted molar refractivity (Wildman–Crippen MR) is 76.3 cm³/mol. The molecule has 0 atom stereocenters. The number of nitrogens with zero attached hydrogens (tertiary/aromatic N) is 2. The zero-order chi connectivity index (χ0) is 14.2. The quantitative estimate of drug-likeness (QED) is 0.904. The summed E-state index contributed by atoms with van der Waals surface area (Å²) in [5, 5.41) is 3.96. The maximum Gasteiger partial charge on any atom is 0.260 e. The minimum atomic E-state index is -0.536. The van der Waals surface area contributed by atoms with Crippen LogP contribution in [-0.4, -0.2) is 10.1 Å². The van der Waals surface area contributed by atoms with E-state index in [0.717, 1.165) is 25.7 Å². The van der Waals surface area contributed by atoms with Crippen molar-refractivity contribution in [2.75, 3.05) is 0 Å². The zero-order valence-electron chi connectivity index (χ0n) is 10.9. The first-order valence-electron chi connectivity index (χ1n) is 6.67. The molecule has 106 valence electrons. The molecule has 2 aromatic rings. The van der Waals surface area contributed by atoms with Gasteiger partial charge in [-0.05, 0) is 31.0 Å². The molecular weight excluding hydrogens is 325 g/mol. The molecule has 0 unspecified atom stereocenters. The smallest absolute Gasteiger partial charge is 0.260 e. The van der Waals surface area contributed by atoms with Crippen LogP contribution in [0.1, 0.15) is 37.9 Å². The first-order chi connectivity index (χ1) is 9.58. The fourth-order valence-corrected chi connectivity index (χ4v) is 2.94. The summed E-state index contributed by atoms with van der Waals surface area (Å²) in [7, 11) is 0. The molecule has 1 fully saturated rings. The Balaban J connectivity index is 1.93. The van der Waals surface area contributed by atoms with Crippen molar-refractivity contribution in [3.05, 3.63) is 34.3 Å². The van der Waals surface area contributed by atoms with Gasteiger partial charge in [-0.1, -0.05) is 40.3 Å². The van der Waals surface area contributed by atoms with Crippen LogP contribution in [0.25, 0.3) is 11.5 Å². The molecule has 0 spiro atoms. The Hall–Kier alpha value is -1.27. The van der Waals surface area contributed by atoms with Gasteiger partial charge >= 0.3 is 0 Å². The molecule has 4 nitrogen and oxygen atoms in total. The summed E-state index contributed by atoms with van der Waals surface area (Å²) >= 11 is 3.22. The lowest BCUT2D eigenvalue weighted by atomic mass is 9.82. The molecule has 0 amide bonds.